The molecule has 5 heterocycles. The Balaban J connectivity index is 1.66. The normalized spacial score (nSPS) is 17.4. The molecule has 2 aliphatic rings. The van der Waals surface area contributed by atoms with E-state index in [1.807, 2.05) is 12.1 Å². The van der Waals surface area contributed by atoms with Crippen molar-refractivity contribution in [2.24, 2.45) is 0 Å². The highest BCUT2D eigenvalue weighted by Crippen LogP contribution is 2.29. The first kappa shape index (κ1) is 15.4. The topological polar surface area (TPSA) is 80.2 Å². The third-order valence-electron chi connectivity index (χ3n) is 4.82. The molecule has 2 aliphatic heterocycles. The van der Waals surface area contributed by atoms with Crippen LogP contribution >= 0.6 is 0 Å². The van der Waals surface area contributed by atoms with Gasteiger partial charge in [-0.3, -0.25) is 0 Å². The minimum absolute atomic E-state index is 0.623. The molecule has 26 heavy (non-hydrogen) atoms. The first-order chi connectivity index (χ1) is 12.9. The molecule has 0 radical (unpaired) electrons. The Bertz CT molecular complexity index is 923. The summed E-state index contributed by atoms with van der Waals surface area (Å²) in [6, 6.07) is 4.08. The van der Waals surface area contributed by atoms with E-state index in [1.54, 1.807) is 12.4 Å². The largest absolute Gasteiger partial charge is 0.378 e. The van der Waals surface area contributed by atoms with Gasteiger partial charge in [0.1, 0.15) is 17.7 Å². The van der Waals surface area contributed by atoms with Crippen molar-refractivity contribution < 1.29 is 4.74 Å². The molecule has 2 fully saturated rings. The maximum absolute atomic E-state index is 5.50. The van der Waals surface area contributed by atoms with Gasteiger partial charge in [-0.25, -0.2) is 24.9 Å². The first-order valence-corrected chi connectivity index (χ1v) is 8.90. The summed E-state index contributed by atoms with van der Waals surface area (Å²) in [5.41, 5.74) is 2.48. The minimum Gasteiger partial charge on any atom is -0.378 e. The predicted molar refractivity (Wildman–Crippen MR) is 98.2 cm³/mol. The van der Waals surface area contributed by atoms with Crippen LogP contribution in [0.4, 0.5) is 11.6 Å². The van der Waals surface area contributed by atoms with E-state index >= 15 is 0 Å². The molecule has 0 saturated carbocycles. The zero-order valence-electron chi connectivity index (χ0n) is 14.4. The SMILES string of the molecule is c1ncc(-c2nc(N3CCOCC3)c3nc(N4CCC4)ccc3n2)cn1. The van der Waals surface area contributed by atoms with Crippen LogP contribution in [0.15, 0.2) is 30.9 Å². The third kappa shape index (κ3) is 2.72. The van der Waals surface area contributed by atoms with E-state index in [0.717, 1.165) is 54.4 Å². The van der Waals surface area contributed by atoms with Crippen molar-refractivity contribution in [3.8, 4) is 11.4 Å². The van der Waals surface area contributed by atoms with Crippen LogP contribution in [0.5, 0.6) is 0 Å². The fourth-order valence-corrected chi connectivity index (χ4v) is 3.25. The number of fused-ring (bicyclic) bond motifs is 1. The Morgan fingerprint density at radius 3 is 2.38 bits per heavy atom. The van der Waals surface area contributed by atoms with E-state index in [4.69, 9.17) is 19.7 Å². The summed E-state index contributed by atoms with van der Waals surface area (Å²) in [4.78, 5) is 27.1. The number of aromatic nitrogens is 5. The summed E-state index contributed by atoms with van der Waals surface area (Å²) >= 11 is 0. The van der Waals surface area contributed by atoms with Crippen LogP contribution < -0.4 is 9.80 Å². The number of morpholine rings is 1. The highest BCUT2D eigenvalue weighted by Gasteiger charge is 2.22. The molecule has 0 bridgehead atoms. The van der Waals surface area contributed by atoms with Crippen molar-refractivity contribution in [2.45, 2.75) is 6.42 Å². The summed E-state index contributed by atoms with van der Waals surface area (Å²) in [5.74, 6) is 2.48. The zero-order chi connectivity index (χ0) is 17.3. The second-order valence-electron chi connectivity index (χ2n) is 6.48. The fourth-order valence-electron chi connectivity index (χ4n) is 3.25. The van der Waals surface area contributed by atoms with Crippen LogP contribution in [-0.4, -0.2) is 64.3 Å². The molecular weight excluding hydrogens is 330 g/mol. The summed E-state index contributed by atoms with van der Waals surface area (Å²) in [6.07, 6.45) is 6.20. The maximum Gasteiger partial charge on any atom is 0.165 e. The van der Waals surface area contributed by atoms with Crippen molar-refractivity contribution in [3.63, 3.8) is 0 Å². The van der Waals surface area contributed by atoms with Crippen LogP contribution in [0.1, 0.15) is 6.42 Å². The quantitative estimate of drug-likeness (QED) is 0.704. The highest BCUT2D eigenvalue weighted by molar-refractivity contribution is 5.88. The van der Waals surface area contributed by atoms with Crippen LogP contribution in [0.3, 0.4) is 0 Å². The molecule has 0 aromatic carbocycles. The Kier molecular flexibility index (Phi) is 3.82. The van der Waals surface area contributed by atoms with E-state index in [2.05, 4.69) is 19.8 Å². The van der Waals surface area contributed by atoms with Crippen molar-refractivity contribution >= 4 is 22.7 Å². The van der Waals surface area contributed by atoms with Gasteiger partial charge in [0, 0.05) is 38.6 Å². The van der Waals surface area contributed by atoms with Crippen LogP contribution in [0.25, 0.3) is 22.4 Å². The average Bonchev–Trinajstić information content (AvgIpc) is 2.67. The van der Waals surface area contributed by atoms with Crippen molar-refractivity contribution in [2.75, 3.05) is 49.2 Å². The molecular formula is C18H19N7O. The Labute approximate surface area is 150 Å². The third-order valence-corrected chi connectivity index (χ3v) is 4.82. The lowest BCUT2D eigenvalue weighted by atomic mass is 10.2. The monoisotopic (exact) mass is 349 g/mol. The molecule has 0 atom stereocenters. The van der Waals surface area contributed by atoms with E-state index in [9.17, 15) is 0 Å². The van der Waals surface area contributed by atoms with Crippen LogP contribution in [0.2, 0.25) is 0 Å². The van der Waals surface area contributed by atoms with E-state index < -0.39 is 0 Å². The lowest BCUT2D eigenvalue weighted by Gasteiger charge is -2.32. The van der Waals surface area contributed by atoms with Gasteiger partial charge in [-0.15, -0.1) is 0 Å². The summed E-state index contributed by atoms with van der Waals surface area (Å²) in [6.45, 7) is 5.11. The molecule has 132 valence electrons. The summed E-state index contributed by atoms with van der Waals surface area (Å²) < 4.78 is 5.50. The van der Waals surface area contributed by atoms with Gasteiger partial charge in [-0.05, 0) is 18.6 Å². The van der Waals surface area contributed by atoms with Crippen LogP contribution in [-0.2, 0) is 4.74 Å². The molecule has 5 rings (SSSR count). The van der Waals surface area contributed by atoms with Crippen molar-refractivity contribution in [3.05, 3.63) is 30.9 Å². The second-order valence-corrected chi connectivity index (χ2v) is 6.48. The van der Waals surface area contributed by atoms with E-state index in [-0.39, 0.29) is 0 Å². The molecule has 0 N–H and O–H groups in total. The van der Waals surface area contributed by atoms with Gasteiger partial charge in [0.25, 0.3) is 0 Å². The minimum atomic E-state index is 0.623. The van der Waals surface area contributed by atoms with Gasteiger partial charge in [0.15, 0.2) is 11.6 Å². The van der Waals surface area contributed by atoms with Gasteiger partial charge < -0.3 is 14.5 Å². The molecule has 2 saturated heterocycles. The molecule has 0 unspecified atom stereocenters. The smallest absolute Gasteiger partial charge is 0.165 e. The number of pyridine rings is 1. The lowest BCUT2D eigenvalue weighted by molar-refractivity contribution is 0.122. The number of ether oxygens (including phenoxy) is 1. The fraction of sp³-hybridized carbons (Fsp3) is 0.389. The lowest BCUT2D eigenvalue weighted by Crippen LogP contribution is -2.38. The number of rotatable bonds is 3. The molecule has 0 amide bonds. The Morgan fingerprint density at radius 2 is 1.65 bits per heavy atom. The van der Waals surface area contributed by atoms with Gasteiger partial charge >= 0.3 is 0 Å². The van der Waals surface area contributed by atoms with Crippen molar-refractivity contribution in [1.82, 2.24) is 24.9 Å². The van der Waals surface area contributed by atoms with Crippen LogP contribution in [0, 0.1) is 0 Å². The Hall–Kier alpha value is -2.87. The maximum atomic E-state index is 5.50. The highest BCUT2D eigenvalue weighted by atomic mass is 16.5. The molecule has 8 nitrogen and oxygen atoms in total. The number of nitrogens with zero attached hydrogens (tertiary/aromatic N) is 7. The van der Waals surface area contributed by atoms with Gasteiger partial charge in [-0.2, -0.15) is 0 Å². The predicted octanol–water partition coefficient (Wildman–Crippen LogP) is 1.53. The number of anilines is 2. The van der Waals surface area contributed by atoms with E-state index in [1.165, 1.54) is 12.7 Å². The zero-order valence-corrected chi connectivity index (χ0v) is 14.4. The second kappa shape index (κ2) is 6.45. The molecule has 0 aliphatic carbocycles. The average molecular weight is 349 g/mol. The molecule has 0 spiro atoms. The molecule has 3 aromatic rings. The standard InChI is InChI=1S/C18H19N7O/c1-4-24(5-1)15-3-2-14-16(22-15)18(25-6-8-26-9-7-25)23-17(21-14)13-10-19-12-20-11-13/h2-3,10-12H,1,4-9H2. The summed E-state index contributed by atoms with van der Waals surface area (Å²) in [5, 5.41) is 0. The number of hydrogen-bond donors (Lipinski definition) is 0. The Morgan fingerprint density at radius 1 is 0.846 bits per heavy atom. The van der Waals surface area contributed by atoms with Gasteiger partial charge in [-0.1, -0.05) is 0 Å². The van der Waals surface area contributed by atoms with Gasteiger partial charge in [0.05, 0.1) is 24.3 Å². The van der Waals surface area contributed by atoms with Crippen molar-refractivity contribution in [1.29, 1.82) is 0 Å². The summed E-state index contributed by atoms with van der Waals surface area (Å²) in [7, 11) is 0. The number of hydrogen-bond acceptors (Lipinski definition) is 8. The molecule has 8 heteroatoms. The first-order valence-electron chi connectivity index (χ1n) is 8.90. The van der Waals surface area contributed by atoms with Gasteiger partial charge in [0.2, 0.25) is 0 Å². The van der Waals surface area contributed by atoms with E-state index in [0.29, 0.717) is 19.0 Å². The molecule has 3 aromatic heterocycles.